The lowest BCUT2D eigenvalue weighted by atomic mass is 10.3. The fourth-order valence-electron chi connectivity index (χ4n) is 3.66. The third-order valence-corrected chi connectivity index (χ3v) is 8.22. The molecule has 0 unspecified atom stereocenters. The van der Waals surface area contributed by atoms with Crippen LogP contribution in [0, 0.1) is 0 Å². The SMILES string of the molecule is CC(C)Oc1ccc(S(OC(=O)C(F)(F)F)(c2ccc(OC(C)C)cc2)c2ccc(OC(C)C)cc2)cc1. The highest BCUT2D eigenvalue weighted by Gasteiger charge is 2.47. The third-order valence-electron chi connectivity index (χ3n) is 5.01. The van der Waals surface area contributed by atoms with Crippen LogP contribution in [0.1, 0.15) is 41.5 Å². The standard InChI is InChI=1S/C29H33F3O5S/c1-19(2)34-22-7-13-25(14-8-22)38(37-28(33)29(30,31)32,26-15-9-23(10-16-26)35-20(3)4)27-17-11-24(12-18-27)36-21(5)6/h7-21H,1-6H3. The molecule has 0 atom stereocenters. The van der Waals surface area contributed by atoms with Crippen LogP contribution in [0.3, 0.4) is 0 Å². The number of benzene rings is 3. The molecule has 3 aromatic rings. The zero-order chi connectivity index (χ0) is 28.1. The van der Waals surface area contributed by atoms with Gasteiger partial charge in [0.15, 0.2) is 0 Å². The van der Waals surface area contributed by atoms with Crippen LogP contribution in [0.15, 0.2) is 87.5 Å². The van der Waals surface area contributed by atoms with E-state index in [9.17, 15) is 18.0 Å². The van der Waals surface area contributed by atoms with Crippen LogP contribution < -0.4 is 14.2 Å². The van der Waals surface area contributed by atoms with Gasteiger partial charge in [-0.1, -0.05) is 0 Å². The first-order valence-corrected chi connectivity index (χ1v) is 13.8. The van der Waals surface area contributed by atoms with Crippen molar-refractivity contribution in [2.24, 2.45) is 0 Å². The molecule has 0 amide bonds. The first kappa shape index (κ1) is 29.2. The van der Waals surface area contributed by atoms with E-state index < -0.39 is 22.5 Å². The van der Waals surface area contributed by atoms with Crippen molar-refractivity contribution >= 4 is 16.3 Å². The van der Waals surface area contributed by atoms with E-state index in [0.717, 1.165) is 0 Å². The Hall–Kier alpha value is -3.33. The molecule has 0 fully saturated rings. The lowest BCUT2D eigenvalue weighted by Crippen LogP contribution is -2.27. The van der Waals surface area contributed by atoms with Crippen LogP contribution in [0.5, 0.6) is 17.2 Å². The minimum Gasteiger partial charge on any atom is -0.491 e. The molecular weight excluding hydrogens is 517 g/mol. The van der Waals surface area contributed by atoms with E-state index in [2.05, 4.69) is 0 Å². The monoisotopic (exact) mass is 550 g/mol. The molecule has 0 aliphatic carbocycles. The van der Waals surface area contributed by atoms with Gasteiger partial charge in [0.1, 0.15) is 17.2 Å². The Labute approximate surface area is 223 Å². The molecule has 3 aromatic carbocycles. The average Bonchev–Trinajstić information content (AvgIpc) is 2.82. The second kappa shape index (κ2) is 12.0. The summed E-state index contributed by atoms with van der Waals surface area (Å²) in [6.07, 6.45) is -5.48. The normalized spacial score (nSPS) is 12.5. The van der Waals surface area contributed by atoms with Crippen molar-refractivity contribution in [3.05, 3.63) is 72.8 Å². The molecule has 0 bridgehead atoms. The Morgan fingerprint density at radius 2 is 0.842 bits per heavy atom. The molecule has 0 saturated heterocycles. The van der Waals surface area contributed by atoms with E-state index in [0.29, 0.717) is 31.9 Å². The smallest absolute Gasteiger partial charge is 0.491 e. The number of halogens is 3. The van der Waals surface area contributed by atoms with Gasteiger partial charge in [-0.2, -0.15) is 13.2 Å². The Bertz CT molecular complexity index is 1060. The van der Waals surface area contributed by atoms with Gasteiger partial charge in [0.2, 0.25) is 0 Å². The van der Waals surface area contributed by atoms with Crippen molar-refractivity contribution in [1.82, 2.24) is 0 Å². The van der Waals surface area contributed by atoms with Crippen LogP contribution in [0.4, 0.5) is 13.2 Å². The van der Waals surface area contributed by atoms with Crippen molar-refractivity contribution in [3.8, 4) is 17.2 Å². The number of carbonyl (C=O) groups excluding carboxylic acids is 1. The van der Waals surface area contributed by atoms with Crippen LogP contribution in [0.2, 0.25) is 0 Å². The maximum absolute atomic E-state index is 13.6. The summed E-state index contributed by atoms with van der Waals surface area (Å²) < 4.78 is 63.6. The quantitative estimate of drug-likeness (QED) is 0.254. The largest absolute Gasteiger partial charge is 0.491 e. The van der Waals surface area contributed by atoms with Crippen molar-refractivity contribution < 1.29 is 36.4 Å². The summed E-state index contributed by atoms with van der Waals surface area (Å²) in [5.74, 6) is -0.651. The van der Waals surface area contributed by atoms with Gasteiger partial charge in [-0.3, -0.25) is 0 Å². The van der Waals surface area contributed by atoms with Crippen LogP contribution >= 0.6 is 10.3 Å². The lowest BCUT2D eigenvalue weighted by molar-refractivity contribution is -0.188. The summed E-state index contributed by atoms with van der Waals surface area (Å²) >= 11 is 0. The minimum atomic E-state index is -5.19. The van der Waals surface area contributed by atoms with Gasteiger partial charge in [0, 0.05) is 14.7 Å². The highest BCUT2D eigenvalue weighted by atomic mass is 32.3. The van der Waals surface area contributed by atoms with Gasteiger partial charge in [-0.25, -0.2) is 4.79 Å². The summed E-state index contributed by atoms with van der Waals surface area (Å²) in [6, 6.07) is 19.7. The van der Waals surface area contributed by atoms with Crippen molar-refractivity contribution in [3.63, 3.8) is 0 Å². The molecule has 0 radical (unpaired) electrons. The molecular formula is C29H33F3O5S. The van der Waals surface area contributed by atoms with E-state index in [-0.39, 0.29) is 18.3 Å². The van der Waals surface area contributed by atoms with Gasteiger partial charge < -0.3 is 18.4 Å². The molecule has 9 heteroatoms. The van der Waals surface area contributed by atoms with Gasteiger partial charge in [-0.05, 0) is 125 Å². The van der Waals surface area contributed by atoms with E-state index in [1.807, 2.05) is 41.5 Å². The maximum Gasteiger partial charge on any atom is 0.491 e. The summed E-state index contributed by atoms with van der Waals surface area (Å²) in [5, 5.41) is 0. The summed E-state index contributed by atoms with van der Waals surface area (Å²) in [5.41, 5.74) is 0. The van der Waals surface area contributed by atoms with Gasteiger partial charge in [-0.15, -0.1) is 0 Å². The Kier molecular flexibility index (Phi) is 9.25. The summed E-state index contributed by atoms with van der Waals surface area (Å²) in [6.45, 7) is 11.2. The highest BCUT2D eigenvalue weighted by Crippen LogP contribution is 2.70. The van der Waals surface area contributed by atoms with E-state index in [4.69, 9.17) is 18.4 Å². The average molecular weight is 551 g/mol. The molecule has 0 aliphatic heterocycles. The van der Waals surface area contributed by atoms with Crippen molar-refractivity contribution in [1.29, 1.82) is 0 Å². The Balaban J connectivity index is 2.25. The molecule has 0 saturated carbocycles. The topological polar surface area (TPSA) is 54.0 Å². The molecule has 0 aliphatic rings. The van der Waals surface area contributed by atoms with E-state index >= 15 is 0 Å². The van der Waals surface area contributed by atoms with Crippen molar-refractivity contribution in [2.75, 3.05) is 0 Å². The molecule has 0 N–H and O–H groups in total. The molecule has 3 rings (SSSR count). The number of ether oxygens (including phenoxy) is 3. The summed E-state index contributed by atoms with van der Waals surface area (Å²) in [4.78, 5) is 13.6. The Morgan fingerprint density at radius 1 is 0.579 bits per heavy atom. The fourth-order valence-corrected chi connectivity index (χ4v) is 6.64. The zero-order valence-corrected chi connectivity index (χ0v) is 23.1. The summed E-state index contributed by atoms with van der Waals surface area (Å²) in [7, 11) is -3.19. The first-order chi connectivity index (χ1) is 17.8. The van der Waals surface area contributed by atoms with Crippen LogP contribution in [0.25, 0.3) is 0 Å². The van der Waals surface area contributed by atoms with Gasteiger partial charge >= 0.3 is 12.1 Å². The van der Waals surface area contributed by atoms with Gasteiger partial charge in [0.05, 0.1) is 18.3 Å². The maximum atomic E-state index is 13.6. The van der Waals surface area contributed by atoms with Crippen molar-refractivity contribution in [2.45, 2.75) is 80.7 Å². The molecule has 0 spiro atoms. The highest BCUT2D eigenvalue weighted by molar-refractivity contribution is 8.30. The number of rotatable bonds is 10. The minimum absolute atomic E-state index is 0.0944. The number of alkyl halides is 3. The molecule has 0 heterocycles. The lowest BCUT2D eigenvalue weighted by Gasteiger charge is -2.40. The van der Waals surface area contributed by atoms with E-state index in [1.165, 1.54) is 0 Å². The molecule has 38 heavy (non-hydrogen) atoms. The number of carbonyl (C=O) groups is 1. The molecule has 5 nitrogen and oxygen atoms in total. The predicted octanol–water partition coefficient (Wildman–Crippen LogP) is 8.35. The van der Waals surface area contributed by atoms with E-state index in [1.54, 1.807) is 72.8 Å². The number of hydrogen-bond donors (Lipinski definition) is 0. The second-order valence-electron chi connectivity index (χ2n) is 9.34. The van der Waals surface area contributed by atoms with Crippen LogP contribution in [-0.2, 0) is 8.98 Å². The number of hydrogen-bond acceptors (Lipinski definition) is 5. The van der Waals surface area contributed by atoms with Gasteiger partial charge in [0.25, 0.3) is 0 Å². The molecule has 206 valence electrons. The predicted molar refractivity (Wildman–Crippen MR) is 141 cm³/mol. The molecule has 0 aromatic heterocycles. The Morgan fingerprint density at radius 3 is 1.05 bits per heavy atom. The first-order valence-electron chi connectivity index (χ1n) is 12.3. The second-order valence-corrected chi connectivity index (χ2v) is 12.0. The zero-order valence-electron chi connectivity index (χ0n) is 22.2. The third kappa shape index (κ3) is 7.16. The van der Waals surface area contributed by atoms with Crippen LogP contribution in [-0.4, -0.2) is 30.5 Å². The fraction of sp³-hybridized carbons (Fsp3) is 0.345.